The van der Waals surface area contributed by atoms with Crippen LogP contribution in [0, 0.1) is 0 Å². The molecule has 0 saturated carbocycles. The SMILES string of the molecule is CCc1ccc(NC)c2cc[nH]c12. The molecule has 1 aromatic carbocycles. The summed E-state index contributed by atoms with van der Waals surface area (Å²) < 4.78 is 0. The number of aromatic amines is 1. The third kappa shape index (κ3) is 1.18. The van der Waals surface area contributed by atoms with E-state index in [0.717, 1.165) is 6.42 Å². The first kappa shape index (κ1) is 8.17. The first-order valence-corrected chi connectivity index (χ1v) is 4.63. The van der Waals surface area contributed by atoms with E-state index >= 15 is 0 Å². The van der Waals surface area contributed by atoms with Crippen LogP contribution in [0.3, 0.4) is 0 Å². The number of fused-ring (bicyclic) bond motifs is 1. The minimum atomic E-state index is 1.07. The van der Waals surface area contributed by atoms with Crippen molar-refractivity contribution in [2.75, 3.05) is 12.4 Å². The lowest BCUT2D eigenvalue weighted by atomic mass is 10.1. The predicted molar refractivity (Wildman–Crippen MR) is 57.2 cm³/mol. The molecule has 0 saturated heterocycles. The lowest BCUT2D eigenvalue weighted by Crippen LogP contribution is -1.90. The van der Waals surface area contributed by atoms with E-state index in [1.807, 2.05) is 13.2 Å². The molecule has 0 aliphatic rings. The van der Waals surface area contributed by atoms with Gasteiger partial charge in [-0.15, -0.1) is 0 Å². The van der Waals surface area contributed by atoms with E-state index < -0.39 is 0 Å². The molecule has 2 rings (SSSR count). The van der Waals surface area contributed by atoms with E-state index in [1.54, 1.807) is 0 Å². The molecule has 0 aliphatic heterocycles. The molecule has 0 aliphatic carbocycles. The molecule has 68 valence electrons. The molecule has 0 amide bonds. The van der Waals surface area contributed by atoms with Crippen LogP contribution in [0.5, 0.6) is 0 Å². The molecule has 2 heteroatoms. The molecule has 0 spiro atoms. The molecule has 13 heavy (non-hydrogen) atoms. The minimum absolute atomic E-state index is 1.07. The summed E-state index contributed by atoms with van der Waals surface area (Å²) in [6.07, 6.45) is 3.06. The summed E-state index contributed by atoms with van der Waals surface area (Å²) in [6.45, 7) is 2.18. The Bertz CT molecular complexity index is 377. The van der Waals surface area contributed by atoms with Gasteiger partial charge in [0.05, 0.1) is 5.52 Å². The van der Waals surface area contributed by atoms with Gasteiger partial charge in [-0.3, -0.25) is 0 Å². The van der Waals surface area contributed by atoms with Gasteiger partial charge in [-0.1, -0.05) is 13.0 Å². The standard InChI is InChI=1S/C11H14N2/c1-3-8-4-5-10(12-2)9-6-7-13-11(8)9/h4-7,12-13H,3H2,1-2H3. The number of rotatable bonds is 2. The fourth-order valence-electron chi connectivity index (χ4n) is 1.73. The number of anilines is 1. The molecule has 0 bridgehead atoms. The fraction of sp³-hybridized carbons (Fsp3) is 0.273. The zero-order valence-electron chi connectivity index (χ0n) is 8.02. The molecule has 0 unspecified atom stereocenters. The number of aromatic nitrogens is 1. The molecule has 2 aromatic rings. The number of hydrogen-bond donors (Lipinski definition) is 2. The number of nitrogens with one attached hydrogen (secondary N) is 2. The summed E-state index contributed by atoms with van der Waals surface area (Å²) in [5, 5.41) is 4.47. The van der Waals surface area contributed by atoms with Crippen LogP contribution >= 0.6 is 0 Å². The Hall–Kier alpha value is -1.44. The molecule has 1 heterocycles. The summed E-state index contributed by atoms with van der Waals surface area (Å²) in [4.78, 5) is 3.27. The lowest BCUT2D eigenvalue weighted by Gasteiger charge is -2.05. The molecule has 1 aromatic heterocycles. The zero-order chi connectivity index (χ0) is 9.26. The average Bonchev–Trinajstić information content (AvgIpc) is 2.64. The molecule has 0 radical (unpaired) electrons. The zero-order valence-corrected chi connectivity index (χ0v) is 8.02. The van der Waals surface area contributed by atoms with Gasteiger partial charge in [0, 0.05) is 24.3 Å². The first-order valence-electron chi connectivity index (χ1n) is 4.63. The summed E-state index contributed by atoms with van der Waals surface area (Å²) in [7, 11) is 1.95. The maximum Gasteiger partial charge on any atom is 0.0507 e. The van der Waals surface area contributed by atoms with E-state index in [1.165, 1.54) is 22.2 Å². The van der Waals surface area contributed by atoms with E-state index in [2.05, 4.69) is 35.4 Å². The number of H-pyrrole nitrogens is 1. The summed E-state index contributed by atoms with van der Waals surface area (Å²) in [5.41, 5.74) is 3.82. The average molecular weight is 174 g/mol. The van der Waals surface area contributed by atoms with E-state index in [9.17, 15) is 0 Å². The second-order valence-corrected chi connectivity index (χ2v) is 3.14. The monoisotopic (exact) mass is 174 g/mol. The highest BCUT2D eigenvalue weighted by Gasteiger charge is 2.03. The van der Waals surface area contributed by atoms with Crippen LogP contribution in [-0.2, 0) is 6.42 Å². The van der Waals surface area contributed by atoms with Crippen LogP contribution in [0.15, 0.2) is 24.4 Å². The maximum atomic E-state index is 3.27. The molecular weight excluding hydrogens is 160 g/mol. The predicted octanol–water partition coefficient (Wildman–Crippen LogP) is 2.77. The molecule has 0 atom stereocenters. The van der Waals surface area contributed by atoms with Gasteiger partial charge < -0.3 is 10.3 Å². The quantitative estimate of drug-likeness (QED) is 0.719. The summed E-state index contributed by atoms with van der Waals surface area (Å²) in [5.74, 6) is 0. The minimum Gasteiger partial charge on any atom is -0.388 e. The van der Waals surface area contributed by atoms with Gasteiger partial charge >= 0.3 is 0 Å². The van der Waals surface area contributed by atoms with Crippen molar-refractivity contribution in [1.29, 1.82) is 0 Å². The van der Waals surface area contributed by atoms with E-state index in [4.69, 9.17) is 0 Å². The van der Waals surface area contributed by atoms with Crippen LogP contribution < -0.4 is 5.32 Å². The highest BCUT2D eigenvalue weighted by Crippen LogP contribution is 2.25. The molecular formula is C11H14N2. The van der Waals surface area contributed by atoms with Gasteiger partial charge in [-0.25, -0.2) is 0 Å². The lowest BCUT2D eigenvalue weighted by molar-refractivity contribution is 1.15. The van der Waals surface area contributed by atoms with Crippen molar-refractivity contribution in [2.24, 2.45) is 0 Å². The van der Waals surface area contributed by atoms with Crippen molar-refractivity contribution in [3.63, 3.8) is 0 Å². The summed E-state index contributed by atoms with van der Waals surface area (Å²) in [6, 6.07) is 6.42. The van der Waals surface area contributed by atoms with E-state index in [0.29, 0.717) is 0 Å². The second-order valence-electron chi connectivity index (χ2n) is 3.14. The topological polar surface area (TPSA) is 27.8 Å². The van der Waals surface area contributed by atoms with Crippen LogP contribution in [0.1, 0.15) is 12.5 Å². The van der Waals surface area contributed by atoms with Gasteiger partial charge in [0.25, 0.3) is 0 Å². The number of aryl methyl sites for hydroxylation is 1. The molecule has 2 N–H and O–H groups in total. The Labute approximate surface area is 78.0 Å². The van der Waals surface area contributed by atoms with E-state index in [-0.39, 0.29) is 0 Å². The highest BCUT2D eigenvalue weighted by atomic mass is 14.8. The van der Waals surface area contributed by atoms with Crippen molar-refractivity contribution in [2.45, 2.75) is 13.3 Å². The van der Waals surface area contributed by atoms with Gasteiger partial charge in [0.1, 0.15) is 0 Å². The Kier molecular flexibility index (Phi) is 1.97. The van der Waals surface area contributed by atoms with Crippen LogP contribution in [0.2, 0.25) is 0 Å². The summed E-state index contributed by atoms with van der Waals surface area (Å²) >= 11 is 0. The third-order valence-electron chi connectivity index (χ3n) is 2.46. The normalized spacial score (nSPS) is 10.6. The van der Waals surface area contributed by atoms with Crippen molar-refractivity contribution < 1.29 is 0 Å². The van der Waals surface area contributed by atoms with Gasteiger partial charge in [0.15, 0.2) is 0 Å². The Morgan fingerprint density at radius 2 is 2.15 bits per heavy atom. The highest BCUT2D eigenvalue weighted by molar-refractivity contribution is 5.94. The van der Waals surface area contributed by atoms with Crippen molar-refractivity contribution in [3.8, 4) is 0 Å². The first-order chi connectivity index (χ1) is 6.36. The van der Waals surface area contributed by atoms with Gasteiger partial charge in [0.2, 0.25) is 0 Å². The van der Waals surface area contributed by atoms with Gasteiger partial charge in [-0.2, -0.15) is 0 Å². The van der Waals surface area contributed by atoms with Crippen LogP contribution in [0.4, 0.5) is 5.69 Å². The van der Waals surface area contributed by atoms with Crippen molar-refractivity contribution in [3.05, 3.63) is 30.0 Å². The fourth-order valence-corrected chi connectivity index (χ4v) is 1.73. The largest absolute Gasteiger partial charge is 0.388 e. The number of benzene rings is 1. The molecule has 2 nitrogen and oxygen atoms in total. The van der Waals surface area contributed by atoms with Crippen LogP contribution in [0.25, 0.3) is 10.9 Å². The van der Waals surface area contributed by atoms with Crippen LogP contribution in [-0.4, -0.2) is 12.0 Å². The Balaban J connectivity index is 2.74. The third-order valence-corrected chi connectivity index (χ3v) is 2.46. The number of hydrogen-bond acceptors (Lipinski definition) is 1. The second kappa shape index (κ2) is 3.13. The van der Waals surface area contributed by atoms with Crippen molar-refractivity contribution >= 4 is 16.6 Å². The smallest absolute Gasteiger partial charge is 0.0507 e. The Morgan fingerprint density at radius 3 is 2.85 bits per heavy atom. The molecule has 0 fully saturated rings. The Morgan fingerprint density at radius 1 is 1.31 bits per heavy atom. The maximum absolute atomic E-state index is 3.27. The van der Waals surface area contributed by atoms with Crippen molar-refractivity contribution in [1.82, 2.24) is 4.98 Å². The van der Waals surface area contributed by atoms with Gasteiger partial charge in [-0.05, 0) is 24.1 Å².